The minimum Gasteiger partial charge on any atom is -0.465 e. The van der Waals surface area contributed by atoms with Gasteiger partial charge in [-0.15, -0.1) is 0 Å². The highest BCUT2D eigenvalue weighted by molar-refractivity contribution is 5.92. The molecule has 1 aliphatic carbocycles. The third-order valence-electron chi connectivity index (χ3n) is 5.44. The lowest BCUT2D eigenvalue weighted by Crippen LogP contribution is -2.49. The van der Waals surface area contributed by atoms with Crippen LogP contribution in [-0.4, -0.2) is 59.3 Å². The number of pyridine rings is 1. The van der Waals surface area contributed by atoms with Crippen molar-refractivity contribution in [3.8, 4) is 0 Å². The van der Waals surface area contributed by atoms with E-state index in [0.717, 1.165) is 29.7 Å². The number of benzene rings is 1. The lowest BCUT2D eigenvalue weighted by molar-refractivity contribution is -0.0199. The number of rotatable bonds is 6. The SMILES string of the molecule is O=C(NCC1CN(C(=O)O)CCO1)c1ccc(C2CC2)c(Cc2ccc(F)cc2)n1. The summed E-state index contributed by atoms with van der Waals surface area (Å²) in [5.74, 6) is -0.134. The molecule has 4 rings (SSSR count). The van der Waals surface area contributed by atoms with Crippen LogP contribution in [0, 0.1) is 5.82 Å². The number of aromatic nitrogens is 1. The van der Waals surface area contributed by atoms with Gasteiger partial charge in [-0.25, -0.2) is 14.2 Å². The Bertz CT molecular complexity index is 930. The van der Waals surface area contributed by atoms with Crippen molar-refractivity contribution in [3.05, 3.63) is 64.7 Å². The molecular formula is C22H24FN3O4. The largest absolute Gasteiger partial charge is 0.465 e. The summed E-state index contributed by atoms with van der Waals surface area (Å²) in [6.45, 7) is 1.07. The molecule has 1 saturated heterocycles. The van der Waals surface area contributed by atoms with Crippen LogP contribution in [0.1, 0.15) is 46.1 Å². The second-order valence-electron chi connectivity index (χ2n) is 7.74. The quantitative estimate of drug-likeness (QED) is 0.760. The molecule has 2 amide bonds. The van der Waals surface area contributed by atoms with Crippen LogP contribution >= 0.6 is 0 Å². The summed E-state index contributed by atoms with van der Waals surface area (Å²) in [7, 11) is 0. The van der Waals surface area contributed by atoms with Crippen molar-refractivity contribution in [2.45, 2.75) is 31.3 Å². The van der Waals surface area contributed by atoms with Crippen molar-refractivity contribution in [3.63, 3.8) is 0 Å². The minimum absolute atomic E-state index is 0.210. The molecule has 2 aliphatic rings. The smallest absolute Gasteiger partial charge is 0.407 e. The first-order valence-electron chi connectivity index (χ1n) is 10.1. The number of morpholine rings is 1. The first-order valence-corrected chi connectivity index (χ1v) is 10.1. The zero-order valence-electron chi connectivity index (χ0n) is 16.5. The Morgan fingerprint density at radius 2 is 1.97 bits per heavy atom. The normalized spacial score (nSPS) is 18.8. The van der Waals surface area contributed by atoms with Crippen LogP contribution in [0.2, 0.25) is 0 Å². The molecule has 1 aromatic heterocycles. The van der Waals surface area contributed by atoms with Gasteiger partial charge in [0.25, 0.3) is 5.91 Å². The number of carbonyl (C=O) groups is 2. The maximum atomic E-state index is 13.2. The van der Waals surface area contributed by atoms with Crippen LogP contribution in [0.4, 0.5) is 9.18 Å². The fourth-order valence-corrected chi connectivity index (χ4v) is 3.66. The number of hydrogen-bond donors (Lipinski definition) is 2. The van der Waals surface area contributed by atoms with E-state index < -0.39 is 6.09 Å². The Morgan fingerprint density at radius 3 is 2.67 bits per heavy atom. The van der Waals surface area contributed by atoms with Gasteiger partial charge in [0.15, 0.2) is 0 Å². The van der Waals surface area contributed by atoms with Gasteiger partial charge in [-0.3, -0.25) is 4.79 Å². The lowest BCUT2D eigenvalue weighted by Gasteiger charge is -2.31. The van der Waals surface area contributed by atoms with Crippen molar-refractivity contribution in [1.29, 1.82) is 0 Å². The van der Waals surface area contributed by atoms with Crippen LogP contribution in [0.25, 0.3) is 0 Å². The Hall–Kier alpha value is -3.00. The van der Waals surface area contributed by atoms with E-state index in [1.165, 1.54) is 17.0 Å². The standard InChI is InChI=1S/C22H24FN3O4/c23-16-5-1-14(2-6-16)11-20-18(15-3-4-15)7-8-19(25-20)21(27)24-12-17-13-26(22(28)29)9-10-30-17/h1-2,5-8,15,17H,3-4,9-13H2,(H,24,27)(H,28,29). The molecule has 1 aromatic carbocycles. The van der Waals surface area contributed by atoms with Gasteiger partial charge in [-0.05, 0) is 48.1 Å². The highest BCUT2D eigenvalue weighted by Crippen LogP contribution is 2.41. The molecule has 2 N–H and O–H groups in total. The second kappa shape index (κ2) is 8.79. The van der Waals surface area contributed by atoms with Gasteiger partial charge < -0.3 is 20.1 Å². The third kappa shape index (κ3) is 4.94. The molecule has 1 atom stereocenters. The van der Waals surface area contributed by atoms with Gasteiger partial charge >= 0.3 is 6.09 Å². The number of hydrogen-bond acceptors (Lipinski definition) is 4. The van der Waals surface area contributed by atoms with Gasteiger partial charge in [-0.2, -0.15) is 0 Å². The predicted molar refractivity (Wildman–Crippen MR) is 107 cm³/mol. The van der Waals surface area contributed by atoms with Crippen molar-refractivity contribution in [2.75, 3.05) is 26.2 Å². The van der Waals surface area contributed by atoms with Gasteiger partial charge in [0.2, 0.25) is 0 Å². The molecule has 8 heteroatoms. The van der Waals surface area contributed by atoms with E-state index in [1.807, 2.05) is 6.07 Å². The number of nitrogens with one attached hydrogen (secondary N) is 1. The molecule has 2 heterocycles. The van der Waals surface area contributed by atoms with E-state index in [9.17, 15) is 14.0 Å². The van der Waals surface area contributed by atoms with Crippen LogP contribution in [-0.2, 0) is 11.2 Å². The van der Waals surface area contributed by atoms with Crippen LogP contribution in [0.5, 0.6) is 0 Å². The summed E-state index contributed by atoms with van der Waals surface area (Å²) in [4.78, 5) is 29.6. The van der Waals surface area contributed by atoms with Gasteiger partial charge in [0.1, 0.15) is 11.5 Å². The number of amides is 2. The summed E-state index contributed by atoms with van der Waals surface area (Å²) >= 11 is 0. The highest BCUT2D eigenvalue weighted by atomic mass is 19.1. The van der Waals surface area contributed by atoms with E-state index in [-0.39, 0.29) is 30.9 Å². The monoisotopic (exact) mass is 413 g/mol. The summed E-state index contributed by atoms with van der Waals surface area (Å²) in [6.07, 6.45) is 1.39. The molecule has 0 spiro atoms. The molecule has 2 fully saturated rings. The van der Waals surface area contributed by atoms with Crippen molar-refractivity contribution >= 4 is 12.0 Å². The Labute approximate surface area is 173 Å². The molecule has 7 nitrogen and oxygen atoms in total. The fourth-order valence-electron chi connectivity index (χ4n) is 3.66. The third-order valence-corrected chi connectivity index (χ3v) is 5.44. The average molecular weight is 413 g/mol. The summed E-state index contributed by atoms with van der Waals surface area (Å²) in [5.41, 5.74) is 3.22. The van der Waals surface area contributed by atoms with E-state index in [0.29, 0.717) is 31.2 Å². The van der Waals surface area contributed by atoms with Crippen molar-refractivity contribution in [2.24, 2.45) is 0 Å². The molecule has 1 saturated carbocycles. The molecule has 0 radical (unpaired) electrons. The van der Waals surface area contributed by atoms with Crippen LogP contribution in [0.15, 0.2) is 36.4 Å². The average Bonchev–Trinajstić information content (AvgIpc) is 3.59. The molecule has 2 aromatic rings. The lowest BCUT2D eigenvalue weighted by atomic mass is 10.0. The number of nitrogens with zero attached hydrogens (tertiary/aromatic N) is 2. The zero-order valence-corrected chi connectivity index (χ0v) is 16.5. The predicted octanol–water partition coefficient (Wildman–Crippen LogP) is 2.80. The minimum atomic E-state index is -0.989. The molecule has 1 aliphatic heterocycles. The van der Waals surface area contributed by atoms with Crippen molar-refractivity contribution in [1.82, 2.24) is 15.2 Å². The second-order valence-corrected chi connectivity index (χ2v) is 7.74. The maximum Gasteiger partial charge on any atom is 0.407 e. The Kier molecular flexibility index (Phi) is 5.94. The van der Waals surface area contributed by atoms with E-state index in [1.54, 1.807) is 18.2 Å². The summed E-state index contributed by atoms with van der Waals surface area (Å²) < 4.78 is 18.8. The molecule has 0 bridgehead atoms. The first-order chi connectivity index (χ1) is 14.5. The maximum absolute atomic E-state index is 13.2. The van der Waals surface area contributed by atoms with Gasteiger partial charge in [0.05, 0.1) is 19.3 Å². The van der Waals surface area contributed by atoms with E-state index in [2.05, 4.69) is 10.3 Å². The Balaban J connectivity index is 1.43. The zero-order chi connectivity index (χ0) is 21.1. The summed E-state index contributed by atoms with van der Waals surface area (Å²) in [5, 5.41) is 11.9. The topological polar surface area (TPSA) is 91.8 Å². The van der Waals surface area contributed by atoms with Gasteiger partial charge in [0, 0.05) is 25.2 Å². The van der Waals surface area contributed by atoms with Crippen LogP contribution in [0.3, 0.4) is 0 Å². The number of ether oxygens (including phenoxy) is 1. The van der Waals surface area contributed by atoms with Gasteiger partial charge in [-0.1, -0.05) is 18.2 Å². The first kappa shape index (κ1) is 20.3. The fraction of sp³-hybridized carbons (Fsp3) is 0.409. The van der Waals surface area contributed by atoms with E-state index >= 15 is 0 Å². The molecule has 1 unspecified atom stereocenters. The Morgan fingerprint density at radius 1 is 1.20 bits per heavy atom. The number of halogens is 1. The van der Waals surface area contributed by atoms with Crippen molar-refractivity contribution < 1.29 is 23.8 Å². The highest BCUT2D eigenvalue weighted by Gasteiger charge is 2.28. The summed E-state index contributed by atoms with van der Waals surface area (Å²) in [6, 6.07) is 9.99. The molecular weight excluding hydrogens is 389 g/mol. The van der Waals surface area contributed by atoms with E-state index in [4.69, 9.17) is 9.84 Å². The molecule has 30 heavy (non-hydrogen) atoms. The molecule has 158 valence electrons. The number of carboxylic acid groups (broad SMARTS) is 1. The number of carbonyl (C=O) groups excluding carboxylic acids is 1. The van der Waals surface area contributed by atoms with Crippen LogP contribution < -0.4 is 5.32 Å².